The van der Waals surface area contributed by atoms with E-state index >= 15 is 0 Å². The molecule has 0 aliphatic carbocycles. The normalized spacial score (nSPS) is 10.7. The van der Waals surface area contributed by atoms with E-state index in [1.165, 1.54) is 0 Å². The first-order chi connectivity index (χ1) is 14.4. The molecule has 0 spiro atoms. The molecule has 0 saturated carbocycles. The summed E-state index contributed by atoms with van der Waals surface area (Å²) >= 11 is 6.89. The molecule has 2 amide bonds. The van der Waals surface area contributed by atoms with Crippen LogP contribution in [0.2, 0.25) is 0 Å². The fraction of sp³-hybridized carbons (Fsp3) is 0.455. The smallest absolute Gasteiger partial charge is 0.253 e. The predicted octanol–water partition coefficient (Wildman–Crippen LogP) is 4.90. The molecule has 0 N–H and O–H groups in total. The van der Waals surface area contributed by atoms with Crippen molar-refractivity contribution in [2.45, 2.75) is 38.4 Å². The van der Waals surface area contributed by atoms with Crippen LogP contribution in [-0.2, 0) is 10.7 Å². The zero-order valence-corrected chi connectivity index (χ0v) is 21.1. The van der Waals surface area contributed by atoms with Crippen molar-refractivity contribution in [2.75, 3.05) is 26.2 Å². The van der Waals surface area contributed by atoms with E-state index in [0.29, 0.717) is 59.4 Å². The second kappa shape index (κ2) is 11.6. The van der Waals surface area contributed by atoms with Crippen LogP contribution in [-0.4, -0.2) is 57.8 Å². The maximum Gasteiger partial charge on any atom is 0.253 e. The summed E-state index contributed by atoms with van der Waals surface area (Å²) < 4.78 is 0. The fourth-order valence-electron chi connectivity index (χ4n) is 3.21. The Morgan fingerprint density at radius 3 is 1.30 bits per heavy atom. The van der Waals surface area contributed by atoms with E-state index in [1.54, 1.807) is 34.1 Å². The zero-order chi connectivity index (χ0) is 22.3. The van der Waals surface area contributed by atoms with Crippen LogP contribution < -0.4 is 0 Å². The van der Waals surface area contributed by atoms with Crippen LogP contribution >= 0.6 is 31.9 Å². The van der Waals surface area contributed by atoms with Gasteiger partial charge >= 0.3 is 0 Å². The van der Waals surface area contributed by atoms with Crippen molar-refractivity contribution >= 4 is 43.7 Å². The number of amides is 2. The van der Waals surface area contributed by atoms with E-state index in [-0.39, 0.29) is 11.8 Å². The summed E-state index contributed by atoms with van der Waals surface area (Å²) in [5, 5.41) is 1.03. The van der Waals surface area contributed by atoms with Crippen molar-refractivity contribution in [3.05, 3.63) is 46.8 Å². The topological polar surface area (TPSA) is 66.4 Å². The summed E-state index contributed by atoms with van der Waals surface area (Å²) in [6.07, 6.45) is 0. The van der Waals surface area contributed by atoms with Gasteiger partial charge in [-0.05, 0) is 52.0 Å². The molecule has 0 saturated heterocycles. The molecule has 0 aliphatic heterocycles. The minimum absolute atomic E-state index is 0.0399. The number of carbonyl (C=O) groups excluding carboxylic acids is 2. The number of nitrogens with zero attached hydrogens (tertiary/aromatic N) is 4. The maximum atomic E-state index is 12.9. The van der Waals surface area contributed by atoms with Gasteiger partial charge in [-0.2, -0.15) is 0 Å². The number of carbonyl (C=O) groups is 2. The van der Waals surface area contributed by atoms with Gasteiger partial charge in [0.15, 0.2) is 0 Å². The molecular weight excluding hydrogens is 512 g/mol. The van der Waals surface area contributed by atoms with Crippen LogP contribution in [0.15, 0.2) is 24.3 Å². The van der Waals surface area contributed by atoms with E-state index in [1.807, 2.05) is 27.7 Å². The Bertz CT molecular complexity index is 823. The first-order valence-electron chi connectivity index (χ1n) is 10.1. The average Bonchev–Trinajstić information content (AvgIpc) is 2.79. The highest BCUT2D eigenvalue weighted by molar-refractivity contribution is 9.08. The van der Waals surface area contributed by atoms with E-state index in [2.05, 4.69) is 41.8 Å². The van der Waals surface area contributed by atoms with Crippen LogP contribution in [0.4, 0.5) is 0 Å². The van der Waals surface area contributed by atoms with Crippen LogP contribution in [0.5, 0.6) is 0 Å². The van der Waals surface area contributed by atoms with Gasteiger partial charge in [0.1, 0.15) is 0 Å². The Balaban J connectivity index is 2.59. The summed E-state index contributed by atoms with van der Waals surface area (Å²) in [4.78, 5) is 38.7. The number of alkyl halides is 2. The van der Waals surface area contributed by atoms with Gasteiger partial charge in [0.2, 0.25) is 0 Å². The lowest BCUT2D eigenvalue weighted by atomic mass is 10.1. The molecule has 0 atom stereocenters. The van der Waals surface area contributed by atoms with Gasteiger partial charge in [-0.3, -0.25) is 19.6 Å². The number of hydrogen-bond donors (Lipinski definition) is 0. The zero-order valence-electron chi connectivity index (χ0n) is 17.9. The lowest BCUT2D eigenvalue weighted by molar-refractivity contribution is 0.0764. The lowest BCUT2D eigenvalue weighted by Gasteiger charge is -2.20. The van der Waals surface area contributed by atoms with Crippen molar-refractivity contribution in [1.82, 2.24) is 19.8 Å². The Labute approximate surface area is 195 Å². The summed E-state index contributed by atoms with van der Waals surface area (Å²) in [5.41, 5.74) is 3.79. The highest BCUT2D eigenvalue weighted by Gasteiger charge is 2.19. The second-order valence-corrected chi connectivity index (χ2v) is 7.81. The molecule has 0 unspecified atom stereocenters. The Hall–Kier alpha value is -1.80. The number of rotatable bonds is 9. The van der Waals surface area contributed by atoms with E-state index in [4.69, 9.17) is 0 Å². The fourth-order valence-corrected chi connectivity index (χ4v) is 3.78. The largest absolute Gasteiger partial charge is 0.339 e. The predicted molar refractivity (Wildman–Crippen MR) is 127 cm³/mol. The number of aromatic nitrogens is 2. The monoisotopic (exact) mass is 538 g/mol. The molecule has 2 aromatic rings. The lowest BCUT2D eigenvalue weighted by Crippen LogP contribution is -2.31. The molecule has 0 bridgehead atoms. The molecule has 0 fully saturated rings. The van der Waals surface area contributed by atoms with Crippen molar-refractivity contribution in [1.29, 1.82) is 0 Å². The molecule has 2 heterocycles. The number of hydrogen-bond acceptors (Lipinski definition) is 4. The molecule has 2 aromatic heterocycles. The molecule has 0 aliphatic rings. The average molecular weight is 540 g/mol. The molecule has 30 heavy (non-hydrogen) atoms. The van der Waals surface area contributed by atoms with Crippen molar-refractivity contribution in [3.8, 4) is 11.4 Å². The third-order valence-electron chi connectivity index (χ3n) is 4.89. The van der Waals surface area contributed by atoms with Gasteiger partial charge in [0, 0.05) is 48.0 Å². The molecule has 6 nitrogen and oxygen atoms in total. The second-order valence-electron chi connectivity index (χ2n) is 6.69. The Morgan fingerprint density at radius 1 is 0.700 bits per heavy atom. The van der Waals surface area contributed by atoms with Crippen molar-refractivity contribution < 1.29 is 9.59 Å². The van der Waals surface area contributed by atoms with E-state index < -0.39 is 0 Å². The van der Waals surface area contributed by atoms with E-state index in [0.717, 1.165) is 11.4 Å². The molecule has 0 aromatic carbocycles. The minimum Gasteiger partial charge on any atom is -0.339 e. The third-order valence-corrected chi connectivity index (χ3v) is 6.04. The summed E-state index contributed by atoms with van der Waals surface area (Å²) in [6, 6.07) is 7.13. The van der Waals surface area contributed by atoms with Gasteiger partial charge in [-0.15, -0.1) is 0 Å². The van der Waals surface area contributed by atoms with Crippen LogP contribution in [0, 0.1) is 0 Å². The van der Waals surface area contributed by atoms with Crippen molar-refractivity contribution in [3.63, 3.8) is 0 Å². The molecular formula is C22H28Br2N4O2. The van der Waals surface area contributed by atoms with Gasteiger partial charge in [-0.25, -0.2) is 0 Å². The van der Waals surface area contributed by atoms with Gasteiger partial charge in [-0.1, -0.05) is 31.9 Å². The van der Waals surface area contributed by atoms with Gasteiger partial charge in [0.05, 0.1) is 22.8 Å². The minimum atomic E-state index is -0.0399. The highest BCUT2D eigenvalue weighted by atomic mass is 79.9. The Morgan fingerprint density at radius 2 is 1.03 bits per heavy atom. The third kappa shape index (κ3) is 5.66. The summed E-state index contributed by atoms with van der Waals surface area (Å²) in [7, 11) is 0. The first kappa shape index (κ1) is 24.5. The van der Waals surface area contributed by atoms with E-state index in [9.17, 15) is 9.59 Å². The summed E-state index contributed by atoms with van der Waals surface area (Å²) in [5.74, 6) is -0.0797. The Kier molecular flexibility index (Phi) is 9.42. The van der Waals surface area contributed by atoms with Crippen LogP contribution in [0.3, 0.4) is 0 Å². The van der Waals surface area contributed by atoms with Crippen LogP contribution in [0.25, 0.3) is 11.4 Å². The quantitative estimate of drug-likeness (QED) is 0.425. The van der Waals surface area contributed by atoms with Crippen LogP contribution in [0.1, 0.15) is 59.8 Å². The molecule has 0 radical (unpaired) electrons. The highest BCUT2D eigenvalue weighted by Crippen LogP contribution is 2.23. The molecule has 162 valence electrons. The van der Waals surface area contributed by atoms with Gasteiger partial charge in [0.25, 0.3) is 11.8 Å². The molecule has 2 rings (SSSR count). The summed E-state index contributed by atoms with van der Waals surface area (Å²) in [6.45, 7) is 10.4. The first-order valence-corrected chi connectivity index (χ1v) is 12.4. The maximum absolute atomic E-state index is 12.9. The standard InChI is InChI=1S/C22H28Br2N4O2/c1-5-27(6-2)21(29)15-9-17(13-23)25-19(11-15)20-12-16(10-18(14-24)26-20)22(30)28(7-3)8-4/h9-12H,5-8,13-14H2,1-4H3. The SMILES string of the molecule is CCN(CC)C(=O)c1cc(CBr)nc(-c2cc(C(=O)N(CC)CC)cc(CBr)n2)c1. The van der Waals surface area contributed by atoms with Gasteiger partial charge < -0.3 is 9.80 Å². The number of pyridine rings is 2. The number of halogens is 2. The van der Waals surface area contributed by atoms with Crippen molar-refractivity contribution in [2.24, 2.45) is 0 Å². The molecule has 8 heteroatoms.